The predicted molar refractivity (Wildman–Crippen MR) is 103 cm³/mol. The SMILES string of the molecule is O=C(NC(C(=O)Nc1cccc([N+](=O)[O-])c1)c1ccccc1)c1cccs1. The standard InChI is InChI=1S/C19H15N3O4S/c23-18(16-10-5-11-27-16)21-17(13-6-2-1-3-7-13)19(24)20-14-8-4-9-15(12-14)22(25)26/h1-12,17H,(H,20,24)(H,21,23). The number of nitrogens with one attached hydrogen (secondary N) is 2. The molecule has 0 bridgehead atoms. The molecule has 2 amide bonds. The van der Waals surface area contributed by atoms with Crippen molar-refractivity contribution in [2.24, 2.45) is 0 Å². The second kappa shape index (κ2) is 8.24. The number of hydrogen-bond donors (Lipinski definition) is 2. The quantitative estimate of drug-likeness (QED) is 0.501. The smallest absolute Gasteiger partial charge is 0.271 e. The summed E-state index contributed by atoms with van der Waals surface area (Å²) in [5.41, 5.74) is 0.748. The van der Waals surface area contributed by atoms with Crippen molar-refractivity contribution in [2.45, 2.75) is 6.04 Å². The Labute approximate surface area is 158 Å². The highest BCUT2D eigenvalue weighted by Gasteiger charge is 2.24. The molecule has 0 saturated carbocycles. The Morgan fingerprint density at radius 1 is 1.00 bits per heavy atom. The van der Waals surface area contributed by atoms with Gasteiger partial charge in [-0.1, -0.05) is 42.5 Å². The molecule has 0 aliphatic rings. The van der Waals surface area contributed by atoms with E-state index in [-0.39, 0.29) is 17.3 Å². The lowest BCUT2D eigenvalue weighted by atomic mass is 10.1. The first-order valence-electron chi connectivity index (χ1n) is 7.99. The second-order valence-electron chi connectivity index (χ2n) is 5.59. The van der Waals surface area contributed by atoms with Gasteiger partial charge in [0.2, 0.25) is 0 Å². The highest BCUT2D eigenvalue weighted by atomic mass is 32.1. The summed E-state index contributed by atoms with van der Waals surface area (Å²) in [4.78, 5) is 36.1. The van der Waals surface area contributed by atoms with Crippen LogP contribution in [-0.2, 0) is 4.79 Å². The molecule has 1 atom stereocenters. The van der Waals surface area contributed by atoms with Crippen molar-refractivity contribution in [3.05, 3.63) is 92.7 Å². The Hall–Kier alpha value is -3.52. The molecule has 3 aromatic rings. The number of non-ortho nitro benzene ring substituents is 1. The fraction of sp³-hybridized carbons (Fsp3) is 0.0526. The maximum atomic E-state index is 12.8. The number of carbonyl (C=O) groups excluding carboxylic acids is 2. The fourth-order valence-corrected chi connectivity index (χ4v) is 3.09. The average molecular weight is 381 g/mol. The minimum Gasteiger partial charge on any atom is -0.336 e. The molecular weight excluding hydrogens is 366 g/mol. The zero-order valence-electron chi connectivity index (χ0n) is 14.0. The van der Waals surface area contributed by atoms with E-state index in [1.165, 1.54) is 29.5 Å². The average Bonchev–Trinajstić information content (AvgIpc) is 3.21. The van der Waals surface area contributed by atoms with E-state index in [1.54, 1.807) is 53.9 Å². The molecule has 0 fully saturated rings. The number of nitrogens with zero attached hydrogens (tertiary/aromatic N) is 1. The Bertz CT molecular complexity index is 958. The van der Waals surface area contributed by atoms with Crippen LogP contribution in [0, 0.1) is 10.1 Å². The highest BCUT2D eigenvalue weighted by Crippen LogP contribution is 2.21. The number of carbonyl (C=O) groups is 2. The van der Waals surface area contributed by atoms with Crippen LogP contribution in [0.5, 0.6) is 0 Å². The number of anilines is 1. The normalized spacial score (nSPS) is 11.4. The van der Waals surface area contributed by atoms with Crippen LogP contribution in [-0.4, -0.2) is 16.7 Å². The molecule has 7 nitrogen and oxygen atoms in total. The van der Waals surface area contributed by atoms with Gasteiger partial charge in [-0.3, -0.25) is 19.7 Å². The van der Waals surface area contributed by atoms with Gasteiger partial charge >= 0.3 is 0 Å². The third-order valence-electron chi connectivity index (χ3n) is 3.74. The number of rotatable bonds is 6. The maximum Gasteiger partial charge on any atom is 0.271 e. The van der Waals surface area contributed by atoms with Gasteiger partial charge < -0.3 is 10.6 Å². The van der Waals surface area contributed by atoms with Crippen molar-refractivity contribution < 1.29 is 14.5 Å². The molecule has 1 heterocycles. The third kappa shape index (κ3) is 4.56. The summed E-state index contributed by atoms with van der Waals surface area (Å²) in [5, 5.41) is 18.0. The molecular formula is C19H15N3O4S. The lowest BCUT2D eigenvalue weighted by molar-refractivity contribution is -0.384. The zero-order valence-corrected chi connectivity index (χ0v) is 14.8. The molecule has 2 aromatic carbocycles. The maximum absolute atomic E-state index is 12.8. The van der Waals surface area contributed by atoms with Gasteiger partial charge in [-0.15, -0.1) is 11.3 Å². The molecule has 0 saturated heterocycles. The number of hydrogen-bond acceptors (Lipinski definition) is 5. The van der Waals surface area contributed by atoms with Crippen LogP contribution < -0.4 is 10.6 Å². The van der Waals surface area contributed by atoms with Crippen LogP contribution in [0.3, 0.4) is 0 Å². The first kappa shape index (κ1) is 18.3. The van der Waals surface area contributed by atoms with Crippen molar-refractivity contribution in [3.8, 4) is 0 Å². The van der Waals surface area contributed by atoms with Gasteiger partial charge in [0.15, 0.2) is 0 Å². The van der Waals surface area contributed by atoms with Crippen molar-refractivity contribution in [3.63, 3.8) is 0 Å². The molecule has 1 unspecified atom stereocenters. The number of benzene rings is 2. The van der Waals surface area contributed by atoms with Crippen molar-refractivity contribution >= 4 is 34.5 Å². The first-order chi connectivity index (χ1) is 13.0. The first-order valence-corrected chi connectivity index (χ1v) is 8.87. The third-order valence-corrected chi connectivity index (χ3v) is 4.61. The number of nitro benzene ring substituents is 1. The summed E-state index contributed by atoms with van der Waals surface area (Å²) in [6.45, 7) is 0. The number of thiophene rings is 1. The predicted octanol–water partition coefficient (Wildman–Crippen LogP) is 3.77. The highest BCUT2D eigenvalue weighted by molar-refractivity contribution is 7.12. The van der Waals surface area contributed by atoms with E-state index in [9.17, 15) is 19.7 Å². The summed E-state index contributed by atoms with van der Waals surface area (Å²) < 4.78 is 0. The zero-order chi connectivity index (χ0) is 19.2. The number of amides is 2. The topological polar surface area (TPSA) is 101 Å². The lowest BCUT2D eigenvalue weighted by Gasteiger charge is -2.18. The Morgan fingerprint density at radius 3 is 2.44 bits per heavy atom. The van der Waals surface area contributed by atoms with E-state index in [0.717, 1.165) is 0 Å². The van der Waals surface area contributed by atoms with Gasteiger partial charge in [0.1, 0.15) is 6.04 Å². The van der Waals surface area contributed by atoms with Crippen LogP contribution in [0.15, 0.2) is 72.1 Å². The molecule has 0 radical (unpaired) electrons. The molecule has 0 spiro atoms. The van der Waals surface area contributed by atoms with Gasteiger partial charge in [0.25, 0.3) is 17.5 Å². The van der Waals surface area contributed by atoms with E-state index < -0.39 is 16.9 Å². The Balaban J connectivity index is 1.84. The Kier molecular flexibility index (Phi) is 5.58. The molecule has 8 heteroatoms. The van der Waals surface area contributed by atoms with Crippen molar-refractivity contribution in [1.82, 2.24) is 5.32 Å². The van der Waals surface area contributed by atoms with E-state index >= 15 is 0 Å². The summed E-state index contributed by atoms with van der Waals surface area (Å²) in [6.07, 6.45) is 0. The molecule has 1 aromatic heterocycles. The minimum atomic E-state index is -0.944. The number of nitro groups is 1. The van der Waals surface area contributed by atoms with E-state index in [1.807, 2.05) is 0 Å². The molecule has 2 N–H and O–H groups in total. The summed E-state index contributed by atoms with van der Waals surface area (Å²) in [7, 11) is 0. The van der Waals surface area contributed by atoms with Gasteiger partial charge in [-0.05, 0) is 23.1 Å². The van der Waals surface area contributed by atoms with Crippen molar-refractivity contribution in [2.75, 3.05) is 5.32 Å². The summed E-state index contributed by atoms with van der Waals surface area (Å²) in [5.74, 6) is -0.861. The minimum absolute atomic E-state index is 0.133. The summed E-state index contributed by atoms with van der Waals surface area (Å²) in [6, 6.07) is 16.9. The van der Waals surface area contributed by atoms with Crippen LogP contribution in [0.25, 0.3) is 0 Å². The Morgan fingerprint density at radius 2 is 1.78 bits per heavy atom. The molecule has 3 rings (SSSR count). The lowest BCUT2D eigenvalue weighted by Crippen LogP contribution is -2.36. The summed E-state index contributed by atoms with van der Waals surface area (Å²) >= 11 is 1.27. The van der Waals surface area contributed by atoms with Gasteiger partial charge in [0, 0.05) is 17.8 Å². The van der Waals surface area contributed by atoms with Crippen molar-refractivity contribution in [1.29, 1.82) is 0 Å². The van der Waals surface area contributed by atoms with Gasteiger partial charge in [-0.2, -0.15) is 0 Å². The fourth-order valence-electron chi connectivity index (χ4n) is 2.47. The van der Waals surface area contributed by atoms with Crippen LogP contribution >= 0.6 is 11.3 Å². The monoisotopic (exact) mass is 381 g/mol. The largest absolute Gasteiger partial charge is 0.336 e. The van der Waals surface area contributed by atoms with Crippen LogP contribution in [0.1, 0.15) is 21.3 Å². The molecule has 0 aliphatic heterocycles. The van der Waals surface area contributed by atoms with E-state index in [0.29, 0.717) is 10.4 Å². The molecule has 0 aliphatic carbocycles. The van der Waals surface area contributed by atoms with Gasteiger partial charge in [-0.25, -0.2) is 0 Å². The molecule has 27 heavy (non-hydrogen) atoms. The van der Waals surface area contributed by atoms with Crippen LogP contribution in [0.4, 0.5) is 11.4 Å². The van der Waals surface area contributed by atoms with Gasteiger partial charge in [0.05, 0.1) is 9.80 Å². The second-order valence-corrected chi connectivity index (χ2v) is 6.54. The van der Waals surface area contributed by atoms with Crippen LogP contribution in [0.2, 0.25) is 0 Å². The van der Waals surface area contributed by atoms with E-state index in [4.69, 9.17) is 0 Å². The molecule has 136 valence electrons. The van der Waals surface area contributed by atoms with E-state index in [2.05, 4.69) is 10.6 Å².